The zero-order valence-corrected chi connectivity index (χ0v) is 18.3. The molecule has 0 spiro atoms. The minimum absolute atomic E-state index is 0.200. The summed E-state index contributed by atoms with van der Waals surface area (Å²) in [6, 6.07) is 17.8. The molecule has 0 bridgehead atoms. The summed E-state index contributed by atoms with van der Waals surface area (Å²) < 4.78 is 32.1. The van der Waals surface area contributed by atoms with Crippen molar-refractivity contribution in [2.24, 2.45) is 0 Å². The van der Waals surface area contributed by atoms with Gasteiger partial charge in [-0.1, -0.05) is 29.3 Å². The molecule has 0 saturated carbocycles. The number of nitrogens with one attached hydrogen (secondary N) is 1. The number of aryl methyl sites for hydroxylation is 1. The highest BCUT2D eigenvalue weighted by Crippen LogP contribution is 2.28. The van der Waals surface area contributed by atoms with Crippen LogP contribution >= 0.6 is 11.6 Å². The number of carbonyl (C=O) groups is 1. The monoisotopic (exact) mass is 444 g/mol. The van der Waals surface area contributed by atoms with Gasteiger partial charge < -0.3 is 10.1 Å². The average molecular weight is 445 g/mol. The maximum atomic E-state index is 12.8. The van der Waals surface area contributed by atoms with Gasteiger partial charge >= 0.3 is 0 Å². The predicted molar refractivity (Wildman–Crippen MR) is 119 cm³/mol. The first-order valence-electron chi connectivity index (χ1n) is 9.03. The molecular weight excluding hydrogens is 424 g/mol. The average Bonchev–Trinajstić information content (AvgIpc) is 2.74. The van der Waals surface area contributed by atoms with Crippen LogP contribution in [-0.2, 0) is 10.0 Å². The van der Waals surface area contributed by atoms with Gasteiger partial charge in [0.05, 0.1) is 23.4 Å². The van der Waals surface area contributed by atoms with Crippen LogP contribution in [0.1, 0.15) is 15.9 Å². The fourth-order valence-corrected chi connectivity index (χ4v) is 4.17. The van der Waals surface area contributed by atoms with E-state index >= 15 is 0 Å². The summed E-state index contributed by atoms with van der Waals surface area (Å²) in [7, 11) is -0.731. The SMILES string of the molecule is COc1ccc(Cl)cc1NC(=O)c1ccc(N(C)S(=O)(=O)c2ccc(C)cc2)cc1. The lowest BCUT2D eigenvalue weighted by Gasteiger charge is -2.20. The molecule has 0 aliphatic carbocycles. The number of sulfonamides is 1. The first-order chi connectivity index (χ1) is 14.2. The molecule has 0 radical (unpaired) electrons. The van der Waals surface area contributed by atoms with Crippen molar-refractivity contribution < 1.29 is 17.9 Å². The van der Waals surface area contributed by atoms with Crippen molar-refractivity contribution in [2.45, 2.75) is 11.8 Å². The zero-order valence-electron chi connectivity index (χ0n) is 16.7. The van der Waals surface area contributed by atoms with Gasteiger partial charge in [-0.05, 0) is 61.5 Å². The molecule has 6 nitrogen and oxygen atoms in total. The maximum absolute atomic E-state index is 12.8. The van der Waals surface area contributed by atoms with E-state index in [0.29, 0.717) is 27.7 Å². The Morgan fingerprint density at radius 2 is 1.63 bits per heavy atom. The van der Waals surface area contributed by atoms with Gasteiger partial charge in [-0.15, -0.1) is 0 Å². The Morgan fingerprint density at radius 1 is 1.00 bits per heavy atom. The highest BCUT2D eigenvalue weighted by atomic mass is 35.5. The van der Waals surface area contributed by atoms with Gasteiger partial charge in [0.15, 0.2) is 0 Å². The molecule has 0 saturated heterocycles. The number of methoxy groups -OCH3 is 1. The third kappa shape index (κ3) is 4.58. The highest BCUT2D eigenvalue weighted by Gasteiger charge is 2.21. The van der Waals surface area contributed by atoms with Gasteiger partial charge in [0, 0.05) is 17.6 Å². The van der Waals surface area contributed by atoms with Crippen LogP contribution in [0.4, 0.5) is 11.4 Å². The van der Waals surface area contributed by atoms with Crippen LogP contribution < -0.4 is 14.4 Å². The summed E-state index contributed by atoms with van der Waals surface area (Å²) in [5, 5.41) is 3.21. The smallest absolute Gasteiger partial charge is 0.264 e. The predicted octanol–water partition coefficient (Wildman–Crippen LogP) is 4.73. The van der Waals surface area contributed by atoms with Gasteiger partial charge in [0.1, 0.15) is 5.75 Å². The summed E-state index contributed by atoms with van der Waals surface area (Å²) in [6.07, 6.45) is 0. The molecule has 30 heavy (non-hydrogen) atoms. The number of rotatable bonds is 6. The first-order valence-corrected chi connectivity index (χ1v) is 10.8. The summed E-state index contributed by atoms with van der Waals surface area (Å²) in [5.74, 6) is 0.111. The molecule has 0 aromatic heterocycles. The van der Waals surface area contributed by atoms with Gasteiger partial charge in [-0.3, -0.25) is 9.10 Å². The molecule has 3 aromatic carbocycles. The molecule has 0 fully saturated rings. The molecule has 8 heteroatoms. The standard InChI is InChI=1S/C22H21ClN2O4S/c1-15-4-11-19(12-5-15)30(27,28)25(2)18-9-6-16(7-10-18)22(26)24-20-14-17(23)8-13-21(20)29-3/h4-14H,1-3H3,(H,24,26). The van der Waals surface area contributed by atoms with E-state index in [1.54, 1.807) is 66.7 Å². The van der Waals surface area contributed by atoms with Crippen molar-refractivity contribution >= 4 is 38.9 Å². The Bertz CT molecular complexity index is 1160. The van der Waals surface area contributed by atoms with Gasteiger partial charge in [0.2, 0.25) is 0 Å². The maximum Gasteiger partial charge on any atom is 0.264 e. The van der Waals surface area contributed by atoms with Crippen LogP contribution in [0.15, 0.2) is 71.6 Å². The second-order valence-corrected chi connectivity index (χ2v) is 9.04. The molecule has 156 valence electrons. The molecule has 3 aromatic rings. The summed E-state index contributed by atoms with van der Waals surface area (Å²) >= 11 is 5.99. The van der Waals surface area contributed by atoms with Crippen molar-refractivity contribution in [3.63, 3.8) is 0 Å². The number of anilines is 2. The van der Waals surface area contributed by atoms with Gasteiger partial charge in [0.25, 0.3) is 15.9 Å². The lowest BCUT2D eigenvalue weighted by atomic mass is 10.2. The van der Waals surface area contributed by atoms with Crippen LogP contribution in [0, 0.1) is 6.92 Å². The fraction of sp³-hybridized carbons (Fsp3) is 0.136. The quantitative estimate of drug-likeness (QED) is 0.596. The number of amides is 1. The lowest BCUT2D eigenvalue weighted by molar-refractivity contribution is 0.102. The second-order valence-electron chi connectivity index (χ2n) is 6.63. The molecule has 3 rings (SSSR count). The van der Waals surface area contributed by atoms with Crippen molar-refractivity contribution in [1.29, 1.82) is 0 Å². The first kappa shape index (κ1) is 21.7. The molecule has 0 heterocycles. The zero-order chi connectivity index (χ0) is 21.9. The van der Waals surface area contributed by atoms with Gasteiger partial charge in [-0.2, -0.15) is 0 Å². The van der Waals surface area contributed by atoms with Crippen LogP contribution in [0.3, 0.4) is 0 Å². The number of halogens is 1. The molecule has 1 N–H and O–H groups in total. The molecule has 1 amide bonds. The Balaban J connectivity index is 1.80. The molecule has 0 aliphatic heterocycles. The number of benzene rings is 3. The van der Waals surface area contributed by atoms with Crippen molar-refractivity contribution in [1.82, 2.24) is 0 Å². The third-order valence-electron chi connectivity index (χ3n) is 4.58. The minimum atomic E-state index is -3.70. The Morgan fingerprint density at radius 3 is 2.23 bits per heavy atom. The van der Waals surface area contributed by atoms with E-state index in [2.05, 4.69) is 5.32 Å². The van der Waals surface area contributed by atoms with Crippen molar-refractivity contribution in [3.8, 4) is 5.75 Å². The van der Waals surface area contributed by atoms with Crippen molar-refractivity contribution in [2.75, 3.05) is 23.8 Å². The van der Waals surface area contributed by atoms with E-state index in [-0.39, 0.29) is 10.8 Å². The Labute approximate surface area is 181 Å². The number of carbonyl (C=O) groups excluding carboxylic acids is 1. The molecule has 0 atom stereocenters. The Kier molecular flexibility index (Phi) is 6.34. The van der Waals surface area contributed by atoms with E-state index in [9.17, 15) is 13.2 Å². The van der Waals surface area contributed by atoms with Crippen LogP contribution in [0.5, 0.6) is 5.75 Å². The second kappa shape index (κ2) is 8.77. The van der Waals surface area contributed by atoms with E-state index in [1.165, 1.54) is 18.5 Å². The topological polar surface area (TPSA) is 75.7 Å². The summed E-state index contributed by atoms with van der Waals surface area (Å²) in [6.45, 7) is 1.89. The summed E-state index contributed by atoms with van der Waals surface area (Å²) in [4.78, 5) is 12.8. The highest BCUT2D eigenvalue weighted by molar-refractivity contribution is 7.92. The number of hydrogen-bond acceptors (Lipinski definition) is 4. The minimum Gasteiger partial charge on any atom is -0.495 e. The molecular formula is C22H21ClN2O4S. The van der Waals surface area contributed by atoms with E-state index in [1.807, 2.05) is 6.92 Å². The summed E-state index contributed by atoms with van der Waals surface area (Å²) in [5.41, 5.74) is 2.22. The van der Waals surface area contributed by atoms with E-state index in [0.717, 1.165) is 5.56 Å². The Hall–Kier alpha value is -3.03. The largest absolute Gasteiger partial charge is 0.495 e. The third-order valence-corrected chi connectivity index (χ3v) is 6.62. The van der Waals surface area contributed by atoms with Crippen LogP contribution in [0.2, 0.25) is 5.02 Å². The van der Waals surface area contributed by atoms with Crippen molar-refractivity contribution in [3.05, 3.63) is 82.9 Å². The number of hydrogen-bond donors (Lipinski definition) is 1. The van der Waals surface area contributed by atoms with Gasteiger partial charge in [-0.25, -0.2) is 8.42 Å². The van der Waals surface area contributed by atoms with E-state index < -0.39 is 10.0 Å². The lowest BCUT2D eigenvalue weighted by Crippen LogP contribution is -2.26. The molecule has 0 aliphatic rings. The normalized spacial score (nSPS) is 11.1. The number of ether oxygens (including phenoxy) is 1. The van der Waals surface area contributed by atoms with Crippen LogP contribution in [0.25, 0.3) is 0 Å². The van der Waals surface area contributed by atoms with E-state index in [4.69, 9.17) is 16.3 Å². The number of nitrogens with zero attached hydrogens (tertiary/aromatic N) is 1. The fourth-order valence-electron chi connectivity index (χ4n) is 2.80. The molecule has 0 unspecified atom stereocenters. The van der Waals surface area contributed by atoms with Crippen LogP contribution in [-0.4, -0.2) is 28.5 Å².